The molecule has 1 aliphatic rings. The summed E-state index contributed by atoms with van der Waals surface area (Å²) in [5.41, 5.74) is 1.07. The number of carbonyl (C=O) groups excluding carboxylic acids is 2. The molecule has 136 valence electrons. The van der Waals surface area contributed by atoms with Crippen LogP contribution in [0.15, 0.2) is 54.6 Å². The van der Waals surface area contributed by atoms with Crippen LogP contribution in [0.2, 0.25) is 0 Å². The second-order valence-corrected chi connectivity index (χ2v) is 6.66. The molecule has 2 aromatic carbocycles. The van der Waals surface area contributed by atoms with E-state index in [4.69, 9.17) is 0 Å². The maximum atomic E-state index is 13.2. The van der Waals surface area contributed by atoms with E-state index in [9.17, 15) is 14.0 Å². The Bertz CT molecular complexity index is 756. The minimum absolute atomic E-state index is 0.0865. The number of carbonyl (C=O) groups is 2. The molecule has 0 bridgehead atoms. The summed E-state index contributed by atoms with van der Waals surface area (Å²) in [6.45, 7) is 2.05. The van der Waals surface area contributed by atoms with E-state index in [0.29, 0.717) is 18.0 Å². The quantitative estimate of drug-likeness (QED) is 0.893. The monoisotopic (exact) mass is 354 g/mol. The number of rotatable bonds is 5. The lowest BCUT2D eigenvalue weighted by Crippen LogP contribution is -2.39. The second kappa shape index (κ2) is 8.61. The summed E-state index contributed by atoms with van der Waals surface area (Å²) in [4.78, 5) is 26.3. The van der Waals surface area contributed by atoms with Crippen molar-refractivity contribution in [3.05, 3.63) is 71.5 Å². The van der Waals surface area contributed by atoms with E-state index in [1.54, 1.807) is 6.07 Å². The molecule has 2 aromatic rings. The molecular weight excluding hydrogens is 331 g/mol. The molecule has 3 rings (SSSR count). The molecule has 0 atom stereocenters. The molecule has 4 nitrogen and oxygen atoms in total. The molecule has 5 heteroatoms. The zero-order chi connectivity index (χ0) is 18.4. The predicted molar refractivity (Wildman–Crippen MR) is 98.4 cm³/mol. The van der Waals surface area contributed by atoms with Crippen molar-refractivity contribution in [3.63, 3.8) is 0 Å². The SMILES string of the molecule is O=C(NCCC1CCN(C(=O)c2ccccc2)CC1)c1cccc(F)c1. The molecule has 0 spiro atoms. The van der Waals surface area contributed by atoms with E-state index in [1.807, 2.05) is 35.2 Å². The minimum Gasteiger partial charge on any atom is -0.352 e. The van der Waals surface area contributed by atoms with Crippen LogP contribution >= 0.6 is 0 Å². The van der Waals surface area contributed by atoms with Gasteiger partial charge in [-0.1, -0.05) is 24.3 Å². The number of halogens is 1. The molecule has 1 heterocycles. The Hall–Kier alpha value is -2.69. The molecule has 0 aromatic heterocycles. The topological polar surface area (TPSA) is 49.4 Å². The third kappa shape index (κ3) is 4.69. The Balaban J connectivity index is 1.40. The van der Waals surface area contributed by atoms with Gasteiger partial charge in [0.05, 0.1) is 0 Å². The zero-order valence-electron chi connectivity index (χ0n) is 14.7. The molecular formula is C21H23FN2O2. The van der Waals surface area contributed by atoms with Gasteiger partial charge in [-0.2, -0.15) is 0 Å². The van der Waals surface area contributed by atoms with Crippen molar-refractivity contribution < 1.29 is 14.0 Å². The molecule has 1 N–H and O–H groups in total. The highest BCUT2D eigenvalue weighted by Crippen LogP contribution is 2.21. The third-order valence-corrected chi connectivity index (χ3v) is 4.85. The number of hydrogen-bond acceptors (Lipinski definition) is 2. The lowest BCUT2D eigenvalue weighted by atomic mass is 9.93. The number of hydrogen-bond donors (Lipinski definition) is 1. The molecule has 0 aliphatic carbocycles. The predicted octanol–water partition coefficient (Wildman–Crippen LogP) is 3.50. The molecule has 1 fully saturated rings. The van der Waals surface area contributed by atoms with Crippen LogP contribution in [0.4, 0.5) is 4.39 Å². The molecule has 26 heavy (non-hydrogen) atoms. The van der Waals surface area contributed by atoms with Gasteiger partial charge in [-0.15, -0.1) is 0 Å². The van der Waals surface area contributed by atoms with Gasteiger partial charge in [0.25, 0.3) is 11.8 Å². The number of nitrogens with one attached hydrogen (secondary N) is 1. The van der Waals surface area contributed by atoms with Crippen LogP contribution in [-0.4, -0.2) is 36.3 Å². The van der Waals surface area contributed by atoms with Gasteiger partial charge in [-0.25, -0.2) is 4.39 Å². The van der Waals surface area contributed by atoms with Gasteiger partial charge in [0.1, 0.15) is 5.82 Å². The number of likely N-dealkylation sites (tertiary alicyclic amines) is 1. The number of amides is 2. The van der Waals surface area contributed by atoms with Crippen molar-refractivity contribution in [3.8, 4) is 0 Å². The van der Waals surface area contributed by atoms with E-state index < -0.39 is 5.82 Å². The maximum absolute atomic E-state index is 13.2. The Morgan fingerprint density at radius 1 is 1.00 bits per heavy atom. The molecule has 1 saturated heterocycles. The van der Waals surface area contributed by atoms with Gasteiger partial charge >= 0.3 is 0 Å². The molecule has 0 unspecified atom stereocenters. The largest absolute Gasteiger partial charge is 0.352 e. The summed E-state index contributed by atoms with van der Waals surface area (Å²) in [5, 5.41) is 2.85. The van der Waals surface area contributed by atoms with Crippen LogP contribution in [0.5, 0.6) is 0 Å². The van der Waals surface area contributed by atoms with Crippen molar-refractivity contribution in [1.82, 2.24) is 10.2 Å². The Kier molecular flexibility index (Phi) is 6.00. The van der Waals surface area contributed by atoms with Gasteiger partial charge in [0, 0.05) is 30.8 Å². The Labute approximate surface area is 153 Å². The highest BCUT2D eigenvalue weighted by Gasteiger charge is 2.23. The summed E-state index contributed by atoms with van der Waals surface area (Å²) >= 11 is 0. The second-order valence-electron chi connectivity index (χ2n) is 6.66. The van der Waals surface area contributed by atoms with Crippen LogP contribution in [0, 0.1) is 11.7 Å². The van der Waals surface area contributed by atoms with Gasteiger partial charge < -0.3 is 10.2 Å². The summed E-state index contributed by atoms with van der Waals surface area (Å²) in [7, 11) is 0. The van der Waals surface area contributed by atoms with Crippen LogP contribution in [0.1, 0.15) is 40.0 Å². The van der Waals surface area contributed by atoms with Crippen molar-refractivity contribution in [1.29, 1.82) is 0 Å². The van der Waals surface area contributed by atoms with Crippen LogP contribution in [0.25, 0.3) is 0 Å². The summed E-state index contributed by atoms with van der Waals surface area (Å²) in [6.07, 6.45) is 2.75. The average molecular weight is 354 g/mol. The lowest BCUT2D eigenvalue weighted by molar-refractivity contribution is 0.0687. The first-order valence-electron chi connectivity index (χ1n) is 9.01. The van der Waals surface area contributed by atoms with E-state index in [0.717, 1.165) is 37.9 Å². The number of nitrogens with zero attached hydrogens (tertiary/aromatic N) is 1. The molecule has 0 radical (unpaired) electrons. The van der Waals surface area contributed by atoms with Gasteiger partial charge in [-0.3, -0.25) is 9.59 Å². The fourth-order valence-corrected chi connectivity index (χ4v) is 3.31. The van der Waals surface area contributed by atoms with Crippen molar-refractivity contribution >= 4 is 11.8 Å². The van der Waals surface area contributed by atoms with Gasteiger partial charge in [0.2, 0.25) is 0 Å². The smallest absolute Gasteiger partial charge is 0.253 e. The van der Waals surface area contributed by atoms with E-state index in [2.05, 4.69) is 5.32 Å². The van der Waals surface area contributed by atoms with Crippen molar-refractivity contribution in [2.45, 2.75) is 19.3 Å². The third-order valence-electron chi connectivity index (χ3n) is 4.85. The maximum Gasteiger partial charge on any atom is 0.253 e. The highest BCUT2D eigenvalue weighted by molar-refractivity contribution is 5.94. The van der Waals surface area contributed by atoms with Gasteiger partial charge in [-0.05, 0) is 55.5 Å². The fraction of sp³-hybridized carbons (Fsp3) is 0.333. The van der Waals surface area contributed by atoms with E-state index in [1.165, 1.54) is 18.2 Å². The lowest BCUT2D eigenvalue weighted by Gasteiger charge is -2.32. The first-order chi connectivity index (χ1) is 12.6. The minimum atomic E-state index is -0.409. The summed E-state index contributed by atoms with van der Waals surface area (Å²) < 4.78 is 13.2. The van der Waals surface area contributed by atoms with Crippen molar-refractivity contribution in [2.75, 3.05) is 19.6 Å². The first-order valence-corrected chi connectivity index (χ1v) is 9.01. The van der Waals surface area contributed by atoms with E-state index >= 15 is 0 Å². The first kappa shape index (κ1) is 18.1. The highest BCUT2D eigenvalue weighted by atomic mass is 19.1. The summed E-state index contributed by atoms with van der Waals surface area (Å²) in [6, 6.07) is 15.0. The van der Waals surface area contributed by atoms with Gasteiger partial charge in [0.15, 0.2) is 0 Å². The van der Waals surface area contributed by atoms with Crippen LogP contribution in [0.3, 0.4) is 0 Å². The van der Waals surface area contributed by atoms with Crippen LogP contribution in [-0.2, 0) is 0 Å². The zero-order valence-corrected chi connectivity index (χ0v) is 14.7. The van der Waals surface area contributed by atoms with Crippen LogP contribution < -0.4 is 5.32 Å². The van der Waals surface area contributed by atoms with E-state index in [-0.39, 0.29) is 11.8 Å². The Morgan fingerprint density at radius 2 is 1.69 bits per heavy atom. The normalized spacial score (nSPS) is 14.9. The molecule has 2 amide bonds. The molecule has 0 saturated carbocycles. The summed E-state index contributed by atoms with van der Waals surface area (Å²) in [5.74, 6) is -0.0830. The average Bonchev–Trinajstić information content (AvgIpc) is 2.68. The standard InChI is InChI=1S/C21H23FN2O2/c22-19-8-4-7-18(15-19)20(25)23-12-9-16-10-13-24(14-11-16)21(26)17-5-2-1-3-6-17/h1-8,15-16H,9-14H2,(H,23,25). The number of piperidine rings is 1. The number of benzene rings is 2. The fourth-order valence-electron chi connectivity index (χ4n) is 3.31. The Morgan fingerprint density at radius 3 is 2.38 bits per heavy atom. The molecule has 1 aliphatic heterocycles. The van der Waals surface area contributed by atoms with Crippen molar-refractivity contribution in [2.24, 2.45) is 5.92 Å².